The van der Waals surface area contributed by atoms with Crippen LogP contribution in [0.2, 0.25) is 0 Å². The van der Waals surface area contributed by atoms with Gasteiger partial charge in [0.1, 0.15) is 0 Å². The molecule has 72 valence electrons. The lowest BCUT2D eigenvalue weighted by Crippen LogP contribution is -2.42. The number of hydrogen-bond donors (Lipinski definition) is 1. The van der Waals surface area contributed by atoms with E-state index in [2.05, 4.69) is 23.9 Å². The van der Waals surface area contributed by atoms with Crippen LogP contribution in [0.25, 0.3) is 0 Å². The van der Waals surface area contributed by atoms with Crippen LogP contribution in [0, 0.1) is 0 Å². The van der Waals surface area contributed by atoms with Gasteiger partial charge in [-0.25, -0.2) is 0 Å². The first-order valence-electron chi connectivity index (χ1n) is 4.09. The van der Waals surface area contributed by atoms with Crippen molar-refractivity contribution in [3.05, 3.63) is 0 Å². The summed E-state index contributed by atoms with van der Waals surface area (Å²) >= 11 is 4.90. The Balaban J connectivity index is 3.71. The molecule has 0 saturated heterocycles. The topological polar surface area (TPSA) is 32.5 Å². The Morgan fingerprint density at radius 1 is 1.33 bits per heavy atom. The molecule has 4 heteroatoms. The first-order valence-corrected chi connectivity index (χ1v) is 4.50. The Labute approximate surface area is 80.5 Å². The monoisotopic (exact) mass is 189 g/mol. The van der Waals surface area contributed by atoms with E-state index in [-0.39, 0.29) is 6.04 Å². The smallest absolute Gasteiger partial charge is 0.0899 e. The van der Waals surface area contributed by atoms with Gasteiger partial charge in [0.05, 0.1) is 11.0 Å². The molecule has 0 aromatic carbocycles. The zero-order valence-corrected chi connectivity index (χ0v) is 9.19. The van der Waals surface area contributed by atoms with E-state index in [0.29, 0.717) is 4.99 Å². The second-order valence-corrected chi connectivity index (χ2v) is 3.83. The van der Waals surface area contributed by atoms with E-state index in [4.69, 9.17) is 18.0 Å². The molecule has 0 aliphatic heterocycles. The highest BCUT2D eigenvalue weighted by molar-refractivity contribution is 7.80. The Morgan fingerprint density at radius 2 is 1.83 bits per heavy atom. The fraction of sp³-hybridized carbons (Fsp3) is 0.875. The largest absolute Gasteiger partial charge is 0.392 e. The van der Waals surface area contributed by atoms with E-state index in [1.807, 2.05) is 14.0 Å². The van der Waals surface area contributed by atoms with Crippen LogP contribution in [0.5, 0.6) is 0 Å². The molecule has 12 heavy (non-hydrogen) atoms. The third kappa shape index (κ3) is 4.64. The average Bonchev–Trinajstić information content (AvgIpc) is 1.98. The molecule has 2 N–H and O–H groups in total. The molecule has 0 aromatic rings. The summed E-state index contributed by atoms with van der Waals surface area (Å²) in [5.41, 5.74) is 5.52. The third-order valence-electron chi connectivity index (χ3n) is 1.97. The van der Waals surface area contributed by atoms with E-state index >= 15 is 0 Å². The van der Waals surface area contributed by atoms with E-state index in [9.17, 15) is 0 Å². The first-order chi connectivity index (χ1) is 5.45. The summed E-state index contributed by atoms with van der Waals surface area (Å²) in [4.78, 5) is 4.86. The van der Waals surface area contributed by atoms with Crippen molar-refractivity contribution in [2.24, 2.45) is 5.73 Å². The summed E-state index contributed by atoms with van der Waals surface area (Å²) in [7, 11) is 6.14. The zero-order valence-electron chi connectivity index (χ0n) is 8.37. The molecule has 1 unspecified atom stereocenters. The number of thiocarbonyl (C=S) groups is 1. The Morgan fingerprint density at radius 3 is 2.17 bits per heavy atom. The number of likely N-dealkylation sites (N-methyl/N-ethyl adjacent to an activating group) is 2. The molecule has 0 aromatic heterocycles. The number of nitrogens with two attached hydrogens (primary N) is 1. The Bertz CT molecular complexity index is 147. The van der Waals surface area contributed by atoms with Crippen molar-refractivity contribution in [2.75, 3.05) is 34.2 Å². The van der Waals surface area contributed by atoms with E-state index in [0.717, 1.165) is 13.1 Å². The Kier molecular flexibility index (Phi) is 5.37. The molecule has 0 radical (unpaired) electrons. The molecule has 0 spiro atoms. The van der Waals surface area contributed by atoms with Crippen LogP contribution in [0.15, 0.2) is 0 Å². The minimum Gasteiger partial charge on any atom is -0.392 e. The Hall–Kier alpha value is -0.190. The van der Waals surface area contributed by atoms with Gasteiger partial charge in [0, 0.05) is 13.1 Å². The van der Waals surface area contributed by atoms with Crippen LogP contribution in [-0.4, -0.2) is 55.1 Å². The molecular formula is C8H19N3S. The highest BCUT2D eigenvalue weighted by atomic mass is 32.1. The predicted octanol–water partition coefficient (Wildman–Crippen LogP) is 0.154. The summed E-state index contributed by atoms with van der Waals surface area (Å²) in [6.07, 6.45) is 0. The normalized spacial score (nSPS) is 13.8. The lowest BCUT2D eigenvalue weighted by Gasteiger charge is -2.24. The molecule has 0 amide bonds. The summed E-state index contributed by atoms with van der Waals surface area (Å²) in [5, 5.41) is 0. The van der Waals surface area contributed by atoms with Crippen LogP contribution in [-0.2, 0) is 0 Å². The number of hydrogen-bond acceptors (Lipinski definition) is 3. The van der Waals surface area contributed by atoms with Crippen LogP contribution < -0.4 is 5.73 Å². The fourth-order valence-electron chi connectivity index (χ4n) is 0.769. The predicted molar refractivity (Wildman–Crippen MR) is 57.4 cm³/mol. The molecule has 0 aliphatic rings. The first kappa shape index (κ1) is 11.8. The van der Waals surface area contributed by atoms with Crippen LogP contribution in [0.1, 0.15) is 6.92 Å². The van der Waals surface area contributed by atoms with E-state index < -0.39 is 0 Å². The summed E-state index contributed by atoms with van der Waals surface area (Å²) in [6, 6.07) is 0.194. The van der Waals surface area contributed by atoms with Gasteiger partial charge in [-0.05, 0) is 28.1 Å². The van der Waals surface area contributed by atoms with Crippen molar-refractivity contribution in [1.82, 2.24) is 9.80 Å². The molecular weight excluding hydrogens is 170 g/mol. The van der Waals surface area contributed by atoms with Gasteiger partial charge in [0.15, 0.2) is 0 Å². The molecule has 0 saturated carbocycles. The van der Waals surface area contributed by atoms with Gasteiger partial charge in [-0.15, -0.1) is 0 Å². The van der Waals surface area contributed by atoms with Gasteiger partial charge in [0.2, 0.25) is 0 Å². The molecule has 0 rings (SSSR count). The van der Waals surface area contributed by atoms with Crippen LogP contribution in [0.3, 0.4) is 0 Å². The quantitative estimate of drug-likeness (QED) is 0.624. The van der Waals surface area contributed by atoms with Crippen molar-refractivity contribution in [3.63, 3.8) is 0 Å². The minimum atomic E-state index is 0.194. The molecule has 0 heterocycles. The SMILES string of the molecule is CC(C(N)=S)N(C)CCN(C)C. The van der Waals surface area contributed by atoms with Crippen molar-refractivity contribution < 1.29 is 0 Å². The molecule has 3 nitrogen and oxygen atoms in total. The number of nitrogens with zero attached hydrogens (tertiary/aromatic N) is 2. The van der Waals surface area contributed by atoms with Gasteiger partial charge in [0.25, 0.3) is 0 Å². The maximum atomic E-state index is 5.52. The van der Waals surface area contributed by atoms with Crippen LogP contribution >= 0.6 is 12.2 Å². The molecule has 1 atom stereocenters. The lowest BCUT2D eigenvalue weighted by atomic mass is 10.3. The molecule has 0 fully saturated rings. The van der Waals surface area contributed by atoms with Crippen molar-refractivity contribution in [3.8, 4) is 0 Å². The highest BCUT2D eigenvalue weighted by Gasteiger charge is 2.10. The highest BCUT2D eigenvalue weighted by Crippen LogP contribution is 1.95. The van der Waals surface area contributed by atoms with Gasteiger partial charge in [-0.2, -0.15) is 0 Å². The van der Waals surface area contributed by atoms with E-state index in [1.165, 1.54) is 0 Å². The zero-order chi connectivity index (χ0) is 9.72. The van der Waals surface area contributed by atoms with Crippen molar-refractivity contribution in [2.45, 2.75) is 13.0 Å². The van der Waals surface area contributed by atoms with Crippen molar-refractivity contribution >= 4 is 17.2 Å². The third-order valence-corrected chi connectivity index (χ3v) is 2.31. The molecule has 0 aliphatic carbocycles. The number of rotatable bonds is 5. The van der Waals surface area contributed by atoms with Crippen molar-refractivity contribution in [1.29, 1.82) is 0 Å². The second-order valence-electron chi connectivity index (χ2n) is 3.36. The summed E-state index contributed by atoms with van der Waals surface area (Å²) < 4.78 is 0. The second kappa shape index (κ2) is 5.45. The van der Waals surface area contributed by atoms with Gasteiger partial charge < -0.3 is 10.6 Å². The summed E-state index contributed by atoms with van der Waals surface area (Å²) in [6.45, 7) is 4.05. The fourth-order valence-corrected chi connectivity index (χ4v) is 0.949. The van der Waals surface area contributed by atoms with Gasteiger partial charge >= 0.3 is 0 Å². The maximum Gasteiger partial charge on any atom is 0.0899 e. The van der Waals surface area contributed by atoms with Gasteiger partial charge in [-0.3, -0.25) is 4.90 Å². The maximum absolute atomic E-state index is 5.52. The average molecular weight is 189 g/mol. The standard InChI is InChI=1S/C8H19N3S/c1-7(8(9)12)11(4)6-5-10(2)3/h7H,5-6H2,1-4H3,(H2,9,12). The summed E-state index contributed by atoms with van der Waals surface area (Å²) in [5.74, 6) is 0. The van der Waals surface area contributed by atoms with Gasteiger partial charge in [-0.1, -0.05) is 12.2 Å². The molecule has 0 bridgehead atoms. The van der Waals surface area contributed by atoms with E-state index in [1.54, 1.807) is 0 Å². The minimum absolute atomic E-state index is 0.194. The van der Waals surface area contributed by atoms with Crippen LogP contribution in [0.4, 0.5) is 0 Å². The lowest BCUT2D eigenvalue weighted by molar-refractivity contribution is 0.267.